The highest BCUT2D eigenvalue weighted by molar-refractivity contribution is 14.1. The molecule has 5 heteroatoms. The molecule has 1 aromatic rings. The molecule has 1 atom stereocenters. The minimum absolute atomic E-state index is 0.0773. The first-order chi connectivity index (χ1) is 8.66. The van der Waals surface area contributed by atoms with E-state index in [0.29, 0.717) is 18.5 Å². The first kappa shape index (κ1) is 13.3. The van der Waals surface area contributed by atoms with Crippen LogP contribution < -0.4 is 10.6 Å². The van der Waals surface area contributed by atoms with Gasteiger partial charge in [-0.3, -0.25) is 9.59 Å². The van der Waals surface area contributed by atoms with E-state index in [9.17, 15) is 9.59 Å². The zero-order valence-corrected chi connectivity index (χ0v) is 12.1. The molecule has 1 heterocycles. The predicted molar refractivity (Wildman–Crippen MR) is 77.3 cm³/mol. The highest BCUT2D eigenvalue weighted by atomic mass is 127. The van der Waals surface area contributed by atoms with Crippen molar-refractivity contribution in [2.45, 2.75) is 25.3 Å². The zero-order chi connectivity index (χ0) is 13.0. The van der Waals surface area contributed by atoms with Crippen molar-refractivity contribution < 1.29 is 9.59 Å². The van der Waals surface area contributed by atoms with E-state index >= 15 is 0 Å². The molecule has 0 aliphatic carbocycles. The summed E-state index contributed by atoms with van der Waals surface area (Å²) in [5.41, 5.74) is 0.596. The molecule has 1 fully saturated rings. The van der Waals surface area contributed by atoms with Gasteiger partial charge < -0.3 is 10.6 Å². The van der Waals surface area contributed by atoms with Gasteiger partial charge in [-0.1, -0.05) is 6.07 Å². The van der Waals surface area contributed by atoms with Gasteiger partial charge in [0.1, 0.15) is 6.04 Å². The van der Waals surface area contributed by atoms with E-state index in [0.717, 1.165) is 16.4 Å². The molecule has 18 heavy (non-hydrogen) atoms. The summed E-state index contributed by atoms with van der Waals surface area (Å²) in [6.45, 7) is 0.703. The van der Waals surface area contributed by atoms with Crippen molar-refractivity contribution in [3.05, 3.63) is 33.4 Å². The Morgan fingerprint density at radius 3 is 3.00 bits per heavy atom. The molecule has 1 aliphatic rings. The Bertz CT molecular complexity index is 462. The fourth-order valence-corrected chi connectivity index (χ4v) is 2.49. The molecule has 1 unspecified atom stereocenters. The smallest absolute Gasteiger partial charge is 0.251 e. The highest BCUT2D eigenvalue weighted by Crippen LogP contribution is 2.10. The van der Waals surface area contributed by atoms with E-state index in [-0.39, 0.29) is 11.8 Å². The van der Waals surface area contributed by atoms with Gasteiger partial charge in [-0.05, 0) is 60.1 Å². The summed E-state index contributed by atoms with van der Waals surface area (Å²) in [6.07, 6.45) is 2.64. The van der Waals surface area contributed by atoms with E-state index in [1.54, 1.807) is 6.07 Å². The van der Waals surface area contributed by atoms with Crippen LogP contribution in [0.25, 0.3) is 0 Å². The molecule has 0 bridgehead atoms. The van der Waals surface area contributed by atoms with E-state index in [4.69, 9.17) is 0 Å². The first-order valence-electron chi connectivity index (χ1n) is 6.01. The predicted octanol–water partition coefficient (Wildman–Crippen LogP) is 1.69. The maximum Gasteiger partial charge on any atom is 0.251 e. The molecule has 0 saturated carbocycles. The van der Waals surface area contributed by atoms with Crippen molar-refractivity contribution in [2.75, 3.05) is 6.54 Å². The lowest BCUT2D eigenvalue weighted by Gasteiger charge is -2.15. The molecular formula is C13H15IN2O2. The molecule has 0 aromatic heterocycles. The maximum atomic E-state index is 12.0. The maximum absolute atomic E-state index is 12.0. The van der Waals surface area contributed by atoms with Gasteiger partial charge in [-0.15, -0.1) is 0 Å². The SMILES string of the molecule is O=C(NC1CCCCNC1=O)c1cccc(I)c1. The Kier molecular flexibility index (Phi) is 4.57. The second kappa shape index (κ2) is 6.17. The third-order valence-electron chi connectivity index (χ3n) is 2.93. The van der Waals surface area contributed by atoms with Crippen molar-refractivity contribution in [3.63, 3.8) is 0 Å². The summed E-state index contributed by atoms with van der Waals surface area (Å²) in [5, 5.41) is 5.61. The molecule has 0 spiro atoms. The summed E-state index contributed by atoms with van der Waals surface area (Å²) in [5.74, 6) is -0.262. The Balaban J connectivity index is 2.04. The van der Waals surface area contributed by atoms with Gasteiger partial charge in [0, 0.05) is 15.7 Å². The zero-order valence-electron chi connectivity index (χ0n) is 9.91. The second-order valence-electron chi connectivity index (χ2n) is 4.32. The summed E-state index contributed by atoms with van der Waals surface area (Å²) in [4.78, 5) is 23.7. The van der Waals surface area contributed by atoms with Crippen molar-refractivity contribution in [1.82, 2.24) is 10.6 Å². The molecule has 2 rings (SSSR count). The van der Waals surface area contributed by atoms with Crippen molar-refractivity contribution in [1.29, 1.82) is 0 Å². The quantitative estimate of drug-likeness (QED) is 0.791. The first-order valence-corrected chi connectivity index (χ1v) is 7.09. The molecule has 2 amide bonds. The van der Waals surface area contributed by atoms with Crippen molar-refractivity contribution in [2.24, 2.45) is 0 Å². The van der Waals surface area contributed by atoms with Gasteiger partial charge in [0.2, 0.25) is 5.91 Å². The number of carbonyl (C=O) groups excluding carboxylic acids is 2. The number of nitrogens with one attached hydrogen (secondary N) is 2. The van der Waals surface area contributed by atoms with E-state index in [1.165, 1.54) is 0 Å². The Hall–Kier alpha value is -1.11. The van der Waals surface area contributed by atoms with Crippen LogP contribution in [0.5, 0.6) is 0 Å². The lowest BCUT2D eigenvalue weighted by Crippen LogP contribution is -2.45. The molecule has 1 saturated heterocycles. The van der Waals surface area contributed by atoms with Crippen molar-refractivity contribution in [3.8, 4) is 0 Å². The van der Waals surface area contributed by atoms with Crippen LogP contribution in [0.15, 0.2) is 24.3 Å². The molecular weight excluding hydrogens is 343 g/mol. The number of hydrogen-bond acceptors (Lipinski definition) is 2. The molecule has 4 nitrogen and oxygen atoms in total. The third-order valence-corrected chi connectivity index (χ3v) is 3.60. The third kappa shape index (κ3) is 3.44. The van der Waals surface area contributed by atoms with E-state index < -0.39 is 6.04 Å². The lowest BCUT2D eigenvalue weighted by atomic mass is 10.1. The van der Waals surface area contributed by atoms with E-state index in [1.807, 2.05) is 18.2 Å². The highest BCUT2D eigenvalue weighted by Gasteiger charge is 2.22. The van der Waals surface area contributed by atoms with Gasteiger partial charge in [0.05, 0.1) is 0 Å². The molecule has 0 radical (unpaired) electrons. The summed E-state index contributed by atoms with van der Waals surface area (Å²) >= 11 is 2.16. The monoisotopic (exact) mass is 358 g/mol. The minimum Gasteiger partial charge on any atom is -0.354 e. The van der Waals surface area contributed by atoms with Gasteiger partial charge >= 0.3 is 0 Å². The van der Waals surface area contributed by atoms with Crippen LogP contribution in [0.3, 0.4) is 0 Å². The van der Waals surface area contributed by atoms with Gasteiger partial charge in [-0.25, -0.2) is 0 Å². The summed E-state index contributed by atoms with van der Waals surface area (Å²) < 4.78 is 1.01. The fraction of sp³-hybridized carbons (Fsp3) is 0.385. The largest absolute Gasteiger partial charge is 0.354 e. The van der Waals surface area contributed by atoms with E-state index in [2.05, 4.69) is 33.2 Å². The summed E-state index contributed by atoms with van der Waals surface area (Å²) in [7, 11) is 0. The number of carbonyl (C=O) groups is 2. The van der Waals surface area contributed by atoms with Gasteiger partial charge in [0.15, 0.2) is 0 Å². The summed E-state index contributed by atoms with van der Waals surface area (Å²) in [6, 6.07) is 6.92. The van der Waals surface area contributed by atoms with Crippen LogP contribution in [-0.4, -0.2) is 24.4 Å². The van der Waals surface area contributed by atoms with Gasteiger partial charge in [0.25, 0.3) is 5.91 Å². The normalized spacial score (nSPS) is 19.8. The van der Waals surface area contributed by atoms with Crippen LogP contribution in [0.4, 0.5) is 0 Å². The standard InChI is InChI=1S/C13H15IN2O2/c14-10-5-3-4-9(8-10)12(17)16-11-6-1-2-7-15-13(11)18/h3-5,8,11H,1-2,6-7H2,(H,15,18)(H,16,17). The second-order valence-corrected chi connectivity index (χ2v) is 5.57. The van der Waals surface area contributed by atoms with Crippen LogP contribution in [0.1, 0.15) is 29.6 Å². The van der Waals surface area contributed by atoms with Crippen LogP contribution in [-0.2, 0) is 4.79 Å². The lowest BCUT2D eigenvalue weighted by molar-refractivity contribution is -0.122. The average molecular weight is 358 g/mol. The average Bonchev–Trinajstić information content (AvgIpc) is 2.55. The molecule has 96 valence electrons. The Morgan fingerprint density at radius 1 is 1.39 bits per heavy atom. The number of hydrogen-bond donors (Lipinski definition) is 2. The molecule has 2 N–H and O–H groups in total. The number of amides is 2. The number of halogens is 1. The van der Waals surface area contributed by atoms with Crippen LogP contribution in [0.2, 0.25) is 0 Å². The number of benzene rings is 1. The molecule has 1 aliphatic heterocycles. The van der Waals surface area contributed by atoms with Gasteiger partial charge in [-0.2, -0.15) is 0 Å². The fourth-order valence-electron chi connectivity index (χ4n) is 1.95. The number of rotatable bonds is 2. The molecule has 1 aromatic carbocycles. The Morgan fingerprint density at radius 2 is 2.22 bits per heavy atom. The van der Waals surface area contributed by atoms with Crippen LogP contribution >= 0.6 is 22.6 Å². The topological polar surface area (TPSA) is 58.2 Å². The van der Waals surface area contributed by atoms with Crippen LogP contribution in [0, 0.1) is 3.57 Å². The Labute approximate surface area is 120 Å². The van der Waals surface area contributed by atoms with Crippen molar-refractivity contribution >= 4 is 34.4 Å². The minimum atomic E-state index is -0.405.